The molecular formula is C14H22BrNO3. The van der Waals surface area contributed by atoms with Gasteiger partial charge in [-0.3, -0.25) is 0 Å². The first-order chi connectivity index (χ1) is 9.27. The average molecular weight is 332 g/mol. The molecule has 0 heterocycles. The lowest BCUT2D eigenvalue weighted by Gasteiger charge is -2.09. The third kappa shape index (κ3) is 6.92. The van der Waals surface area contributed by atoms with E-state index in [1.165, 1.54) is 5.56 Å². The van der Waals surface area contributed by atoms with Crippen LogP contribution in [0.5, 0.6) is 5.75 Å². The Bertz CT molecular complexity index is 361. The summed E-state index contributed by atoms with van der Waals surface area (Å²) in [7, 11) is 3.36. The number of benzene rings is 1. The summed E-state index contributed by atoms with van der Waals surface area (Å²) in [5.41, 5.74) is 1.19. The molecule has 1 aromatic carbocycles. The maximum atomic E-state index is 5.39. The van der Waals surface area contributed by atoms with Gasteiger partial charge in [-0.1, -0.05) is 15.9 Å². The van der Waals surface area contributed by atoms with Crippen LogP contribution >= 0.6 is 15.9 Å². The Morgan fingerprint density at radius 3 is 2.74 bits per heavy atom. The number of nitrogens with one attached hydrogen (secondary N) is 1. The van der Waals surface area contributed by atoms with Crippen LogP contribution in [0.15, 0.2) is 22.7 Å². The Labute approximate surface area is 123 Å². The molecule has 1 aromatic rings. The minimum atomic E-state index is 0.657. The number of hydrogen-bond acceptors (Lipinski definition) is 4. The Balaban J connectivity index is 2.15. The van der Waals surface area contributed by atoms with Crippen LogP contribution in [0.25, 0.3) is 0 Å². The summed E-state index contributed by atoms with van der Waals surface area (Å²) in [5.74, 6) is 0.878. The summed E-state index contributed by atoms with van der Waals surface area (Å²) in [4.78, 5) is 0. The van der Waals surface area contributed by atoms with E-state index in [9.17, 15) is 0 Å². The molecule has 0 bridgehead atoms. The molecule has 0 aromatic heterocycles. The number of methoxy groups -OCH3 is 2. The highest BCUT2D eigenvalue weighted by atomic mass is 79.9. The van der Waals surface area contributed by atoms with Crippen LogP contribution in [0.1, 0.15) is 12.0 Å². The quantitative estimate of drug-likeness (QED) is 0.669. The molecule has 1 rings (SSSR count). The predicted octanol–water partition coefficient (Wildman–Crippen LogP) is 2.60. The van der Waals surface area contributed by atoms with E-state index in [1.54, 1.807) is 14.2 Å². The summed E-state index contributed by atoms with van der Waals surface area (Å²) < 4.78 is 16.6. The van der Waals surface area contributed by atoms with Crippen molar-refractivity contribution in [3.8, 4) is 5.75 Å². The third-order valence-electron chi connectivity index (χ3n) is 2.64. The SMILES string of the molecule is COCCOCCCNCc1cc(OC)ccc1Br. The van der Waals surface area contributed by atoms with Gasteiger partial charge < -0.3 is 19.5 Å². The van der Waals surface area contributed by atoms with E-state index in [4.69, 9.17) is 14.2 Å². The average Bonchev–Trinajstić information content (AvgIpc) is 2.43. The molecule has 0 aliphatic carbocycles. The Morgan fingerprint density at radius 2 is 2.00 bits per heavy atom. The van der Waals surface area contributed by atoms with Gasteiger partial charge in [0, 0.05) is 24.7 Å². The van der Waals surface area contributed by atoms with E-state index < -0.39 is 0 Å². The van der Waals surface area contributed by atoms with Crippen molar-refractivity contribution in [3.63, 3.8) is 0 Å². The lowest BCUT2D eigenvalue weighted by Crippen LogP contribution is -2.17. The minimum absolute atomic E-state index is 0.657. The van der Waals surface area contributed by atoms with Crippen LogP contribution in [-0.2, 0) is 16.0 Å². The molecule has 0 amide bonds. The van der Waals surface area contributed by atoms with Crippen molar-refractivity contribution in [2.24, 2.45) is 0 Å². The molecule has 19 heavy (non-hydrogen) atoms. The van der Waals surface area contributed by atoms with E-state index in [0.717, 1.165) is 36.3 Å². The van der Waals surface area contributed by atoms with E-state index in [1.807, 2.05) is 18.2 Å². The van der Waals surface area contributed by atoms with Crippen molar-refractivity contribution in [1.82, 2.24) is 5.32 Å². The summed E-state index contributed by atoms with van der Waals surface area (Å²) in [6.45, 7) is 3.82. The molecule has 1 N–H and O–H groups in total. The lowest BCUT2D eigenvalue weighted by molar-refractivity contribution is 0.0695. The van der Waals surface area contributed by atoms with Gasteiger partial charge in [-0.15, -0.1) is 0 Å². The number of hydrogen-bond donors (Lipinski definition) is 1. The van der Waals surface area contributed by atoms with E-state index in [2.05, 4.69) is 21.2 Å². The minimum Gasteiger partial charge on any atom is -0.497 e. The molecule has 0 atom stereocenters. The third-order valence-corrected chi connectivity index (χ3v) is 3.42. The highest BCUT2D eigenvalue weighted by molar-refractivity contribution is 9.10. The molecule has 0 unspecified atom stereocenters. The van der Waals surface area contributed by atoms with Gasteiger partial charge in [0.25, 0.3) is 0 Å². The summed E-state index contributed by atoms with van der Waals surface area (Å²) in [6, 6.07) is 5.98. The maximum Gasteiger partial charge on any atom is 0.119 e. The monoisotopic (exact) mass is 331 g/mol. The van der Waals surface area contributed by atoms with E-state index in [-0.39, 0.29) is 0 Å². The maximum absolute atomic E-state index is 5.39. The Morgan fingerprint density at radius 1 is 1.16 bits per heavy atom. The molecule has 0 aliphatic rings. The molecule has 5 heteroatoms. The van der Waals surface area contributed by atoms with Crippen molar-refractivity contribution >= 4 is 15.9 Å². The highest BCUT2D eigenvalue weighted by Crippen LogP contribution is 2.22. The van der Waals surface area contributed by atoms with Crippen LogP contribution in [-0.4, -0.2) is 40.6 Å². The van der Waals surface area contributed by atoms with E-state index in [0.29, 0.717) is 13.2 Å². The predicted molar refractivity (Wildman–Crippen MR) is 79.7 cm³/mol. The fraction of sp³-hybridized carbons (Fsp3) is 0.571. The smallest absolute Gasteiger partial charge is 0.119 e. The van der Waals surface area contributed by atoms with Crippen molar-refractivity contribution < 1.29 is 14.2 Å². The van der Waals surface area contributed by atoms with Crippen LogP contribution in [0.2, 0.25) is 0 Å². The topological polar surface area (TPSA) is 39.7 Å². The molecule has 4 nitrogen and oxygen atoms in total. The van der Waals surface area contributed by atoms with Gasteiger partial charge in [-0.05, 0) is 36.7 Å². The van der Waals surface area contributed by atoms with Crippen LogP contribution in [0.3, 0.4) is 0 Å². The zero-order valence-corrected chi connectivity index (χ0v) is 13.2. The number of rotatable bonds is 10. The second kappa shape index (κ2) is 10.2. The summed E-state index contributed by atoms with van der Waals surface area (Å²) >= 11 is 3.54. The molecule has 0 saturated carbocycles. The molecule has 0 spiro atoms. The van der Waals surface area contributed by atoms with Gasteiger partial charge in [-0.25, -0.2) is 0 Å². The first kappa shape index (κ1) is 16.4. The normalized spacial score (nSPS) is 10.7. The van der Waals surface area contributed by atoms with Gasteiger partial charge in [-0.2, -0.15) is 0 Å². The van der Waals surface area contributed by atoms with Crippen molar-refractivity contribution in [3.05, 3.63) is 28.2 Å². The molecular weight excluding hydrogens is 310 g/mol. The number of ether oxygens (including phenoxy) is 3. The van der Waals surface area contributed by atoms with Gasteiger partial charge in [0.1, 0.15) is 5.75 Å². The molecule has 0 aliphatic heterocycles. The fourth-order valence-corrected chi connectivity index (χ4v) is 1.97. The zero-order chi connectivity index (χ0) is 13.9. The largest absolute Gasteiger partial charge is 0.497 e. The van der Waals surface area contributed by atoms with Gasteiger partial charge in [0.2, 0.25) is 0 Å². The number of halogens is 1. The van der Waals surface area contributed by atoms with Crippen molar-refractivity contribution in [2.75, 3.05) is 40.6 Å². The zero-order valence-electron chi connectivity index (χ0n) is 11.6. The molecule has 0 radical (unpaired) electrons. The molecule has 0 saturated heterocycles. The summed E-state index contributed by atoms with van der Waals surface area (Å²) in [5, 5.41) is 3.39. The Kier molecular flexibility index (Phi) is 8.82. The van der Waals surface area contributed by atoms with Gasteiger partial charge >= 0.3 is 0 Å². The summed E-state index contributed by atoms with van der Waals surface area (Å²) in [6.07, 6.45) is 0.991. The first-order valence-electron chi connectivity index (χ1n) is 6.37. The van der Waals surface area contributed by atoms with Crippen LogP contribution < -0.4 is 10.1 Å². The van der Waals surface area contributed by atoms with Gasteiger partial charge in [0.05, 0.1) is 20.3 Å². The van der Waals surface area contributed by atoms with Crippen molar-refractivity contribution in [2.45, 2.75) is 13.0 Å². The van der Waals surface area contributed by atoms with Crippen molar-refractivity contribution in [1.29, 1.82) is 0 Å². The highest BCUT2D eigenvalue weighted by Gasteiger charge is 2.01. The van der Waals surface area contributed by atoms with Crippen LogP contribution in [0, 0.1) is 0 Å². The lowest BCUT2D eigenvalue weighted by atomic mass is 10.2. The van der Waals surface area contributed by atoms with Gasteiger partial charge in [0.15, 0.2) is 0 Å². The van der Waals surface area contributed by atoms with E-state index >= 15 is 0 Å². The molecule has 108 valence electrons. The standard InChI is InChI=1S/C14H22BrNO3/c1-17-8-9-19-7-3-6-16-11-12-10-13(18-2)4-5-14(12)15/h4-5,10,16H,3,6-9,11H2,1-2H3. The Hall–Kier alpha value is -0.620. The van der Waals surface area contributed by atoms with Crippen LogP contribution in [0.4, 0.5) is 0 Å². The first-order valence-corrected chi connectivity index (χ1v) is 7.17. The second-order valence-corrected chi connectivity index (χ2v) is 4.95. The second-order valence-electron chi connectivity index (χ2n) is 4.09. The fourth-order valence-electron chi connectivity index (χ4n) is 1.58. The molecule has 0 fully saturated rings.